The van der Waals surface area contributed by atoms with Crippen LogP contribution in [0, 0.1) is 13.8 Å². The van der Waals surface area contributed by atoms with E-state index in [0.717, 1.165) is 17.5 Å². The Morgan fingerprint density at radius 1 is 1.47 bits per heavy atom. The third kappa shape index (κ3) is 3.44. The molecule has 0 radical (unpaired) electrons. The smallest absolute Gasteiger partial charge is 0.181 e. The average Bonchev–Trinajstić information content (AvgIpc) is 2.17. The van der Waals surface area contributed by atoms with E-state index in [0.29, 0.717) is 18.7 Å². The standard InChI is InChI=1S/C12H17NO2/c1-9-7-10(2)12(13-8-9)11(14)5-4-6-15-3/h7-8H,4-6H2,1-3H3. The first-order valence-electron chi connectivity index (χ1n) is 5.10. The molecule has 0 aliphatic heterocycles. The zero-order valence-corrected chi connectivity index (χ0v) is 9.54. The molecule has 0 aliphatic carbocycles. The number of Topliss-reactive ketones (excluding diaryl/α,β-unsaturated/α-hetero) is 1. The lowest BCUT2D eigenvalue weighted by Gasteiger charge is -2.04. The van der Waals surface area contributed by atoms with Gasteiger partial charge in [0.1, 0.15) is 5.69 Å². The highest BCUT2D eigenvalue weighted by molar-refractivity contribution is 5.95. The van der Waals surface area contributed by atoms with E-state index in [1.165, 1.54) is 0 Å². The fourth-order valence-corrected chi connectivity index (χ4v) is 1.50. The number of carbonyl (C=O) groups excluding carboxylic acids is 1. The second-order valence-electron chi connectivity index (χ2n) is 3.70. The minimum absolute atomic E-state index is 0.101. The average molecular weight is 207 g/mol. The number of hydrogen-bond donors (Lipinski definition) is 0. The quantitative estimate of drug-likeness (QED) is 0.549. The van der Waals surface area contributed by atoms with E-state index in [4.69, 9.17) is 4.74 Å². The summed E-state index contributed by atoms with van der Waals surface area (Å²) in [5.74, 6) is 0.101. The van der Waals surface area contributed by atoms with Gasteiger partial charge in [-0.2, -0.15) is 0 Å². The molecule has 0 spiro atoms. The number of ketones is 1. The van der Waals surface area contributed by atoms with E-state index < -0.39 is 0 Å². The normalized spacial score (nSPS) is 10.3. The van der Waals surface area contributed by atoms with Crippen molar-refractivity contribution in [2.45, 2.75) is 26.7 Å². The van der Waals surface area contributed by atoms with Gasteiger partial charge in [-0.3, -0.25) is 9.78 Å². The molecule has 1 aromatic rings. The molecule has 0 bridgehead atoms. The topological polar surface area (TPSA) is 39.2 Å². The van der Waals surface area contributed by atoms with Crippen molar-refractivity contribution < 1.29 is 9.53 Å². The molecule has 3 nitrogen and oxygen atoms in total. The van der Waals surface area contributed by atoms with Gasteiger partial charge in [-0.15, -0.1) is 0 Å². The van der Waals surface area contributed by atoms with Crippen LogP contribution in [0.4, 0.5) is 0 Å². The molecule has 3 heteroatoms. The van der Waals surface area contributed by atoms with E-state index in [2.05, 4.69) is 4.98 Å². The van der Waals surface area contributed by atoms with Crippen LogP contribution in [-0.4, -0.2) is 24.5 Å². The SMILES string of the molecule is COCCCC(=O)c1ncc(C)cc1C. The van der Waals surface area contributed by atoms with Gasteiger partial charge < -0.3 is 4.74 Å². The lowest BCUT2D eigenvalue weighted by molar-refractivity contribution is 0.0958. The van der Waals surface area contributed by atoms with Gasteiger partial charge >= 0.3 is 0 Å². The van der Waals surface area contributed by atoms with Gasteiger partial charge in [-0.1, -0.05) is 6.07 Å². The van der Waals surface area contributed by atoms with Crippen LogP contribution in [-0.2, 0) is 4.74 Å². The highest BCUT2D eigenvalue weighted by atomic mass is 16.5. The summed E-state index contributed by atoms with van der Waals surface area (Å²) in [6.07, 6.45) is 2.99. The van der Waals surface area contributed by atoms with Crippen molar-refractivity contribution in [2.75, 3.05) is 13.7 Å². The van der Waals surface area contributed by atoms with Crippen molar-refractivity contribution in [2.24, 2.45) is 0 Å². The third-order valence-corrected chi connectivity index (χ3v) is 2.23. The van der Waals surface area contributed by atoms with Crippen LogP contribution in [0.5, 0.6) is 0 Å². The number of aromatic nitrogens is 1. The number of nitrogens with zero attached hydrogens (tertiary/aromatic N) is 1. The largest absolute Gasteiger partial charge is 0.385 e. The minimum atomic E-state index is 0.101. The van der Waals surface area contributed by atoms with Crippen molar-refractivity contribution in [3.63, 3.8) is 0 Å². The van der Waals surface area contributed by atoms with E-state index in [-0.39, 0.29) is 5.78 Å². The molecule has 0 aliphatic rings. The molecule has 0 unspecified atom stereocenters. The van der Waals surface area contributed by atoms with Crippen molar-refractivity contribution in [3.8, 4) is 0 Å². The molecule has 0 amide bonds. The Balaban J connectivity index is 2.65. The Morgan fingerprint density at radius 2 is 2.20 bits per heavy atom. The van der Waals surface area contributed by atoms with Gasteiger partial charge in [0.05, 0.1) is 0 Å². The maximum Gasteiger partial charge on any atom is 0.181 e. The molecule has 1 aromatic heterocycles. The second kappa shape index (κ2) is 5.61. The van der Waals surface area contributed by atoms with E-state index in [1.54, 1.807) is 13.3 Å². The zero-order valence-electron chi connectivity index (χ0n) is 9.54. The number of carbonyl (C=O) groups is 1. The lowest BCUT2D eigenvalue weighted by Crippen LogP contribution is -2.06. The van der Waals surface area contributed by atoms with Gasteiger partial charge in [0.25, 0.3) is 0 Å². The Bertz CT molecular complexity index is 347. The molecule has 1 rings (SSSR count). The number of methoxy groups -OCH3 is 1. The number of aryl methyl sites for hydroxylation is 2. The molecule has 0 atom stereocenters. The second-order valence-corrected chi connectivity index (χ2v) is 3.70. The molecule has 1 heterocycles. The van der Waals surface area contributed by atoms with Crippen molar-refractivity contribution in [1.29, 1.82) is 0 Å². The maximum absolute atomic E-state index is 11.7. The molecule has 0 saturated carbocycles. The van der Waals surface area contributed by atoms with Gasteiger partial charge in [0.2, 0.25) is 0 Å². The minimum Gasteiger partial charge on any atom is -0.385 e. The summed E-state index contributed by atoms with van der Waals surface area (Å²) in [5, 5.41) is 0. The summed E-state index contributed by atoms with van der Waals surface area (Å²) in [7, 11) is 1.64. The molecule has 0 aromatic carbocycles. The predicted molar refractivity (Wildman–Crippen MR) is 59.2 cm³/mol. The number of pyridine rings is 1. The van der Waals surface area contributed by atoms with Crippen LogP contribution in [0.25, 0.3) is 0 Å². The Hall–Kier alpha value is -1.22. The first-order valence-corrected chi connectivity index (χ1v) is 5.10. The maximum atomic E-state index is 11.7. The Labute approximate surface area is 90.5 Å². The first kappa shape index (κ1) is 11.9. The van der Waals surface area contributed by atoms with E-state index in [1.807, 2.05) is 19.9 Å². The van der Waals surface area contributed by atoms with Crippen molar-refractivity contribution in [3.05, 3.63) is 29.1 Å². The van der Waals surface area contributed by atoms with Crippen LogP contribution in [0.3, 0.4) is 0 Å². The van der Waals surface area contributed by atoms with Crippen molar-refractivity contribution in [1.82, 2.24) is 4.98 Å². The van der Waals surface area contributed by atoms with Gasteiger partial charge in [-0.05, 0) is 31.4 Å². The fraction of sp³-hybridized carbons (Fsp3) is 0.500. The van der Waals surface area contributed by atoms with Crippen LogP contribution in [0.1, 0.15) is 34.5 Å². The van der Waals surface area contributed by atoms with Gasteiger partial charge in [0, 0.05) is 26.3 Å². The lowest BCUT2D eigenvalue weighted by atomic mass is 10.1. The molecular formula is C12H17NO2. The van der Waals surface area contributed by atoms with E-state index >= 15 is 0 Å². The van der Waals surface area contributed by atoms with Gasteiger partial charge in [-0.25, -0.2) is 0 Å². The molecule has 82 valence electrons. The predicted octanol–water partition coefficient (Wildman–Crippen LogP) is 2.31. The van der Waals surface area contributed by atoms with Crippen LogP contribution < -0.4 is 0 Å². The fourth-order valence-electron chi connectivity index (χ4n) is 1.50. The third-order valence-electron chi connectivity index (χ3n) is 2.23. The van der Waals surface area contributed by atoms with E-state index in [9.17, 15) is 4.79 Å². The number of hydrogen-bond acceptors (Lipinski definition) is 3. The van der Waals surface area contributed by atoms with Crippen molar-refractivity contribution >= 4 is 5.78 Å². The first-order chi connectivity index (χ1) is 7.15. The number of rotatable bonds is 5. The molecule has 0 fully saturated rings. The highest BCUT2D eigenvalue weighted by Crippen LogP contribution is 2.10. The summed E-state index contributed by atoms with van der Waals surface area (Å²) in [5.41, 5.74) is 2.63. The summed E-state index contributed by atoms with van der Waals surface area (Å²) in [4.78, 5) is 15.9. The molecule has 0 N–H and O–H groups in total. The highest BCUT2D eigenvalue weighted by Gasteiger charge is 2.09. The number of ether oxygens (including phenoxy) is 1. The van der Waals surface area contributed by atoms with Crippen LogP contribution in [0.2, 0.25) is 0 Å². The van der Waals surface area contributed by atoms with Gasteiger partial charge in [0.15, 0.2) is 5.78 Å². The zero-order chi connectivity index (χ0) is 11.3. The molecule has 0 saturated heterocycles. The summed E-state index contributed by atoms with van der Waals surface area (Å²) >= 11 is 0. The molecular weight excluding hydrogens is 190 g/mol. The summed E-state index contributed by atoms with van der Waals surface area (Å²) in [6.45, 7) is 4.51. The Kier molecular flexibility index (Phi) is 4.43. The Morgan fingerprint density at radius 3 is 2.80 bits per heavy atom. The summed E-state index contributed by atoms with van der Waals surface area (Å²) in [6, 6.07) is 1.98. The summed E-state index contributed by atoms with van der Waals surface area (Å²) < 4.78 is 4.90. The van der Waals surface area contributed by atoms with Crippen LogP contribution >= 0.6 is 0 Å². The molecule has 15 heavy (non-hydrogen) atoms. The monoisotopic (exact) mass is 207 g/mol. The van der Waals surface area contributed by atoms with Crippen LogP contribution in [0.15, 0.2) is 12.3 Å².